The van der Waals surface area contributed by atoms with E-state index in [0.29, 0.717) is 6.54 Å². The van der Waals surface area contributed by atoms with Crippen LogP contribution in [-0.2, 0) is 0 Å². The molecule has 0 bridgehead atoms. The zero-order valence-electron chi connectivity index (χ0n) is 9.78. The van der Waals surface area contributed by atoms with Crippen LogP contribution in [0.1, 0.15) is 12.5 Å². The quantitative estimate of drug-likeness (QED) is 0.725. The maximum absolute atomic E-state index is 11.7. The third-order valence-corrected chi connectivity index (χ3v) is 2.63. The van der Waals surface area contributed by atoms with E-state index in [9.17, 15) is 4.79 Å². The number of aryl methyl sites for hydroxylation is 1. The Bertz CT molecular complexity index is 417. The van der Waals surface area contributed by atoms with Gasteiger partial charge in [0.2, 0.25) is 0 Å². The molecule has 4 nitrogen and oxygen atoms in total. The third-order valence-electron chi connectivity index (χ3n) is 2.63. The minimum atomic E-state index is -0.0954. The van der Waals surface area contributed by atoms with E-state index in [0.717, 1.165) is 17.0 Å². The fourth-order valence-electron chi connectivity index (χ4n) is 1.87. The van der Waals surface area contributed by atoms with Crippen LogP contribution in [0, 0.1) is 6.92 Å². The summed E-state index contributed by atoms with van der Waals surface area (Å²) in [6.07, 6.45) is 0.0208. The normalized spacial score (nSPS) is 18.7. The molecule has 0 unspecified atom stereocenters. The van der Waals surface area contributed by atoms with Gasteiger partial charge in [0.05, 0.1) is 12.2 Å². The number of hydrogen-bond acceptors (Lipinski definition) is 2. The maximum Gasteiger partial charge on any atom is 0.321 e. The van der Waals surface area contributed by atoms with Gasteiger partial charge in [-0.3, -0.25) is 4.90 Å². The van der Waals surface area contributed by atoms with Crippen LogP contribution < -0.4 is 15.0 Å². The molecule has 0 aromatic heterocycles. The molecule has 2 amide bonds. The standard InChI is InChI=1S/C12H16N2O2/c1-8-4-5-11-10(6-8)14(12(15)13-3)7-9(2)16-11/h4-6,9H,7H2,1-3H3,(H,13,15)/t9-/m1/s1. The van der Waals surface area contributed by atoms with Crippen LogP contribution in [-0.4, -0.2) is 25.7 Å². The van der Waals surface area contributed by atoms with Gasteiger partial charge in [-0.2, -0.15) is 0 Å². The zero-order valence-corrected chi connectivity index (χ0v) is 9.78. The van der Waals surface area contributed by atoms with Crippen molar-refractivity contribution < 1.29 is 9.53 Å². The molecular formula is C12H16N2O2. The molecule has 0 saturated heterocycles. The Hall–Kier alpha value is -1.71. The number of ether oxygens (including phenoxy) is 1. The molecule has 1 atom stereocenters. The molecular weight excluding hydrogens is 204 g/mol. The third kappa shape index (κ3) is 1.83. The van der Waals surface area contributed by atoms with E-state index in [2.05, 4.69) is 5.32 Å². The average Bonchev–Trinajstić information content (AvgIpc) is 2.27. The topological polar surface area (TPSA) is 41.6 Å². The van der Waals surface area contributed by atoms with Crippen molar-refractivity contribution in [3.8, 4) is 5.75 Å². The number of rotatable bonds is 0. The molecule has 0 spiro atoms. The zero-order chi connectivity index (χ0) is 11.7. The van der Waals surface area contributed by atoms with Gasteiger partial charge in [-0.25, -0.2) is 4.79 Å². The SMILES string of the molecule is CNC(=O)N1C[C@@H](C)Oc2ccc(C)cc21. The second kappa shape index (κ2) is 4.04. The molecule has 4 heteroatoms. The Morgan fingerprint density at radius 3 is 3.00 bits per heavy atom. The highest BCUT2D eigenvalue weighted by atomic mass is 16.5. The van der Waals surface area contributed by atoms with Gasteiger partial charge in [0.15, 0.2) is 0 Å². The van der Waals surface area contributed by atoms with Gasteiger partial charge in [-0.1, -0.05) is 6.07 Å². The van der Waals surface area contributed by atoms with Crippen molar-refractivity contribution in [1.29, 1.82) is 0 Å². The van der Waals surface area contributed by atoms with Crippen molar-refractivity contribution >= 4 is 11.7 Å². The van der Waals surface area contributed by atoms with Crippen LogP contribution in [0.15, 0.2) is 18.2 Å². The number of amides is 2. The Morgan fingerprint density at radius 2 is 2.31 bits per heavy atom. The minimum Gasteiger partial charge on any atom is -0.487 e. The van der Waals surface area contributed by atoms with Crippen molar-refractivity contribution in [2.45, 2.75) is 20.0 Å². The van der Waals surface area contributed by atoms with Gasteiger partial charge in [0.1, 0.15) is 11.9 Å². The monoisotopic (exact) mass is 220 g/mol. The number of fused-ring (bicyclic) bond motifs is 1. The van der Waals surface area contributed by atoms with Crippen LogP contribution in [0.25, 0.3) is 0 Å². The van der Waals surface area contributed by atoms with Gasteiger partial charge in [0, 0.05) is 7.05 Å². The second-order valence-corrected chi connectivity index (χ2v) is 4.07. The molecule has 1 aliphatic heterocycles. The summed E-state index contributed by atoms with van der Waals surface area (Å²) in [4.78, 5) is 13.5. The second-order valence-electron chi connectivity index (χ2n) is 4.07. The molecule has 1 N–H and O–H groups in total. The number of nitrogens with one attached hydrogen (secondary N) is 1. The molecule has 0 radical (unpaired) electrons. The summed E-state index contributed by atoms with van der Waals surface area (Å²) in [5.41, 5.74) is 1.96. The highest BCUT2D eigenvalue weighted by molar-refractivity contribution is 5.94. The minimum absolute atomic E-state index is 0.0208. The van der Waals surface area contributed by atoms with Gasteiger partial charge in [-0.05, 0) is 31.5 Å². The van der Waals surface area contributed by atoms with E-state index in [1.807, 2.05) is 32.0 Å². The molecule has 0 fully saturated rings. The summed E-state index contributed by atoms with van der Waals surface area (Å²) in [6, 6.07) is 5.77. The van der Waals surface area contributed by atoms with E-state index in [1.165, 1.54) is 0 Å². The first-order valence-electron chi connectivity index (χ1n) is 5.38. The molecule has 1 aliphatic rings. The van der Waals surface area contributed by atoms with Gasteiger partial charge < -0.3 is 10.1 Å². The Labute approximate surface area is 95.2 Å². The predicted molar refractivity (Wildman–Crippen MR) is 63.1 cm³/mol. The van der Waals surface area contributed by atoms with Crippen LogP contribution in [0.2, 0.25) is 0 Å². The van der Waals surface area contributed by atoms with E-state index < -0.39 is 0 Å². The average molecular weight is 220 g/mol. The molecule has 0 saturated carbocycles. The summed E-state index contributed by atoms with van der Waals surface area (Å²) < 4.78 is 5.69. The molecule has 86 valence electrons. The first kappa shape index (κ1) is 10.8. The lowest BCUT2D eigenvalue weighted by Crippen LogP contribution is -2.46. The van der Waals surface area contributed by atoms with Crippen LogP contribution in [0.3, 0.4) is 0 Å². The summed E-state index contributed by atoms with van der Waals surface area (Å²) in [5.74, 6) is 0.771. The number of carbonyl (C=O) groups is 1. The predicted octanol–water partition coefficient (Wildman–Crippen LogP) is 1.92. The van der Waals surface area contributed by atoms with Gasteiger partial charge >= 0.3 is 6.03 Å². The number of nitrogens with zero attached hydrogens (tertiary/aromatic N) is 1. The summed E-state index contributed by atoms with van der Waals surface area (Å²) in [7, 11) is 1.64. The smallest absolute Gasteiger partial charge is 0.321 e. The highest BCUT2D eigenvalue weighted by Gasteiger charge is 2.26. The summed E-state index contributed by atoms with van der Waals surface area (Å²) in [5, 5.41) is 2.65. The fourth-order valence-corrected chi connectivity index (χ4v) is 1.87. The molecule has 1 heterocycles. The Kier molecular flexibility index (Phi) is 2.73. The van der Waals surface area contributed by atoms with Crippen molar-refractivity contribution in [2.75, 3.05) is 18.5 Å². The number of hydrogen-bond donors (Lipinski definition) is 1. The summed E-state index contributed by atoms with van der Waals surface area (Å²) in [6.45, 7) is 4.54. The largest absolute Gasteiger partial charge is 0.487 e. The molecule has 1 aromatic carbocycles. The first-order valence-corrected chi connectivity index (χ1v) is 5.38. The van der Waals surface area contributed by atoms with Gasteiger partial charge in [0.25, 0.3) is 0 Å². The van der Waals surface area contributed by atoms with Crippen LogP contribution in [0.5, 0.6) is 5.75 Å². The lowest BCUT2D eigenvalue weighted by atomic mass is 10.1. The van der Waals surface area contributed by atoms with E-state index in [1.54, 1.807) is 11.9 Å². The Morgan fingerprint density at radius 1 is 1.56 bits per heavy atom. The lowest BCUT2D eigenvalue weighted by Gasteiger charge is -2.33. The van der Waals surface area contributed by atoms with E-state index in [-0.39, 0.29) is 12.1 Å². The fraction of sp³-hybridized carbons (Fsp3) is 0.417. The van der Waals surface area contributed by atoms with Crippen molar-refractivity contribution in [3.05, 3.63) is 23.8 Å². The van der Waals surface area contributed by atoms with Crippen molar-refractivity contribution in [3.63, 3.8) is 0 Å². The Balaban J connectivity index is 2.43. The first-order chi connectivity index (χ1) is 7.61. The van der Waals surface area contributed by atoms with E-state index in [4.69, 9.17) is 4.74 Å². The molecule has 0 aliphatic carbocycles. The number of anilines is 1. The molecule has 16 heavy (non-hydrogen) atoms. The van der Waals surface area contributed by atoms with Gasteiger partial charge in [-0.15, -0.1) is 0 Å². The van der Waals surface area contributed by atoms with Crippen molar-refractivity contribution in [2.24, 2.45) is 0 Å². The summed E-state index contributed by atoms with van der Waals surface area (Å²) >= 11 is 0. The molecule has 2 rings (SSSR count). The maximum atomic E-state index is 11.7. The van der Waals surface area contributed by atoms with Crippen LogP contribution in [0.4, 0.5) is 10.5 Å². The number of benzene rings is 1. The van der Waals surface area contributed by atoms with Crippen molar-refractivity contribution in [1.82, 2.24) is 5.32 Å². The highest BCUT2D eigenvalue weighted by Crippen LogP contribution is 2.34. The number of carbonyl (C=O) groups excluding carboxylic acids is 1. The molecule has 1 aromatic rings. The lowest BCUT2D eigenvalue weighted by molar-refractivity contribution is 0.206. The number of urea groups is 1. The van der Waals surface area contributed by atoms with E-state index >= 15 is 0 Å². The van der Waals surface area contributed by atoms with Crippen LogP contribution >= 0.6 is 0 Å².